The highest BCUT2D eigenvalue weighted by atomic mass is 16.5. The topological polar surface area (TPSA) is 145 Å². The second-order valence-electron chi connectivity index (χ2n) is 15.7. The van der Waals surface area contributed by atoms with Crippen LogP contribution in [0, 0.1) is 5.92 Å². The average Bonchev–Trinajstić information content (AvgIpc) is 3.61. The van der Waals surface area contributed by atoms with E-state index in [2.05, 4.69) is 56.1 Å². The third kappa shape index (κ3) is 7.37. The molecule has 4 aliphatic rings. The van der Waals surface area contributed by atoms with E-state index in [1.165, 1.54) is 16.4 Å². The number of piperidine rings is 1. The van der Waals surface area contributed by atoms with E-state index in [9.17, 15) is 19.2 Å². The average molecular weight is 771 g/mol. The smallest absolute Gasteiger partial charge is 0.262 e. The van der Waals surface area contributed by atoms with Gasteiger partial charge in [-0.3, -0.25) is 34.4 Å². The van der Waals surface area contributed by atoms with Crippen LogP contribution in [0.25, 0.3) is 32.9 Å². The van der Waals surface area contributed by atoms with Crippen LogP contribution in [-0.2, 0) is 26.1 Å². The number of hydrogen-bond donors (Lipinski definition) is 1. The number of anilines is 1. The number of aryl methyl sites for hydroxylation is 1. The van der Waals surface area contributed by atoms with Gasteiger partial charge < -0.3 is 23.7 Å². The summed E-state index contributed by atoms with van der Waals surface area (Å²) in [6.07, 6.45) is 12.3. The maximum absolute atomic E-state index is 13.2. The Bertz CT molecular complexity index is 2350. The quantitative estimate of drug-likeness (QED) is 0.102. The Morgan fingerprint density at radius 2 is 1.60 bits per heavy atom. The van der Waals surface area contributed by atoms with Crippen molar-refractivity contribution in [3.8, 4) is 17.0 Å². The van der Waals surface area contributed by atoms with Gasteiger partial charge in [-0.15, -0.1) is 0 Å². The lowest BCUT2D eigenvalue weighted by Gasteiger charge is -2.41. The fourth-order valence-corrected chi connectivity index (χ4v) is 8.48. The first-order chi connectivity index (χ1) is 27.8. The van der Waals surface area contributed by atoms with Crippen LogP contribution in [0.5, 0.6) is 5.88 Å². The molecule has 4 amide bonds. The van der Waals surface area contributed by atoms with Crippen LogP contribution < -0.4 is 15.0 Å². The summed E-state index contributed by atoms with van der Waals surface area (Å²) in [5.74, 6) is -0.911. The summed E-state index contributed by atoms with van der Waals surface area (Å²) < 4.78 is 20.4. The molecule has 1 saturated carbocycles. The summed E-state index contributed by atoms with van der Waals surface area (Å²) in [7, 11) is 2.09. The maximum atomic E-state index is 13.2. The Balaban J connectivity index is 0.618. The number of imide groups is 2. The molecule has 1 unspecified atom stereocenters. The SMILES string of the molecule is Cn1c2ccncc2c2ccc(-c3ccc(OC4CC(OCCCCCCOCC5CN(c6ccc7c(c6)C(=O)N(C6CCC(=O)NC6=O)C7=O)C5)C4)nc3)cc21. The van der Waals surface area contributed by atoms with E-state index >= 15 is 0 Å². The van der Waals surface area contributed by atoms with Crippen molar-refractivity contribution in [2.75, 3.05) is 37.8 Å². The maximum Gasteiger partial charge on any atom is 0.262 e. The molecule has 13 heteroatoms. The van der Waals surface area contributed by atoms with Gasteiger partial charge in [-0.05, 0) is 61.2 Å². The molecule has 3 fully saturated rings. The van der Waals surface area contributed by atoms with Crippen molar-refractivity contribution in [2.24, 2.45) is 13.0 Å². The fourth-order valence-electron chi connectivity index (χ4n) is 8.48. The van der Waals surface area contributed by atoms with Crippen LogP contribution in [-0.4, -0.2) is 94.2 Å². The molecular formula is C44H46N6O7. The van der Waals surface area contributed by atoms with Crippen LogP contribution in [0.3, 0.4) is 0 Å². The van der Waals surface area contributed by atoms with Gasteiger partial charge in [0.05, 0.1) is 29.4 Å². The first kappa shape index (κ1) is 36.9. The van der Waals surface area contributed by atoms with Crippen LogP contribution in [0.2, 0.25) is 0 Å². The third-order valence-corrected chi connectivity index (χ3v) is 11.9. The molecule has 0 radical (unpaired) electrons. The molecule has 294 valence electrons. The molecule has 3 aliphatic heterocycles. The number of hydrogen-bond acceptors (Lipinski definition) is 10. The summed E-state index contributed by atoms with van der Waals surface area (Å²) >= 11 is 0. The minimum absolute atomic E-state index is 0.0989. The molecule has 5 aromatic rings. The van der Waals surface area contributed by atoms with Gasteiger partial charge in [0, 0.05) is 111 Å². The van der Waals surface area contributed by atoms with Gasteiger partial charge in [-0.25, -0.2) is 4.98 Å². The summed E-state index contributed by atoms with van der Waals surface area (Å²) in [4.78, 5) is 62.1. The highest BCUT2D eigenvalue weighted by Crippen LogP contribution is 2.35. The molecule has 2 aromatic carbocycles. The van der Waals surface area contributed by atoms with Crippen LogP contribution in [0.1, 0.15) is 72.1 Å². The number of ether oxygens (including phenoxy) is 3. The van der Waals surface area contributed by atoms with Crippen molar-refractivity contribution in [2.45, 2.75) is 69.6 Å². The number of benzene rings is 2. The molecule has 3 aromatic heterocycles. The Morgan fingerprint density at radius 3 is 2.40 bits per heavy atom. The van der Waals surface area contributed by atoms with E-state index in [0.29, 0.717) is 29.5 Å². The van der Waals surface area contributed by atoms with Crippen molar-refractivity contribution in [3.05, 3.63) is 84.3 Å². The lowest BCUT2D eigenvalue weighted by atomic mass is 9.92. The molecule has 2 saturated heterocycles. The van der Waals surface area contributed by atoms with Crippen molar-refractivity contribution < 1.29 is 33.4 Å². The van der Waals surface area contributed by atoms with Gasteiger partial charge in [-0.1, -0.05) is 25.0 Å². The number of aromatic nitrogens is 3. The lowest BCUT2D eigenvalue weighted by Crippen LogP contribution is -2.54. The first-order valence-corrected chi connectivity index (χ1v) is 20.1. The van der Waals surface area contributed by atoms with E-state index in [1.54, 1.807) is 12.1 Å². The van der Waals surface area contributed by atoms with Crippen LogP contribution >= 0.6 is 0 Å². The zero-order valence-corrected chi connectivity index (χ0v) is 32.0. The Labute approximate surface area is 330 Å². The molecule has 1 atom stereocenters. The largest absolute Gasteiger partial charge is 0.474 e. The molecule has 6 heterocycles. The van der Waals surface area contributed by atoms with E-state index in [-0.39, 0.29) is 31.0 Å². The van der Waals surface area contributed by atoms with E-state index in [4.69, 9.17) is 14.2 Å². The molecule has 9 rings (SSSR count). The minimum Gasteiger partial charge on any atom is -0.474 e. The molecule has 0 spiro atoms. The van der Waals surface area contributed by atoms with E-state index < -0.39 is 23.8 Å². The fraction of sp³-hybridized carbons (Fsp3) is 0.409. The standard InChI is InChI=1S/C44H46N6O7/c1-48-37-14-15-45-23-36(37)33-9-6-28(18-39(33)48)29-7-13-41(46-22-29)57-32-20-31(21-32)56-17-5-3-2-4-16-55-26-27-24-49(25-27)30-8-10-34-35(19-30)44(54)50(43(34)53)38-11-12-40(51)47-42(38)52/h6-10,13-15,18-19,22-23,27,31-32,38H,2-5,11-12,16-17,20-21,24-26H2,1H3,(H,47,51,52). The van der Waals surface area contributed by atoms with Crippen LogP contribution in [0.4, 0.5) is 5.69 Å². The highest BCUT2D eigenvalue weighted by molar-refractivity contribution is 6.23. The van der Waals surface area contributed by atoms with Gasteiger partial charge in [0.1, 0.15) is 12.1 Å². The Kier molecular flexibility index (Phi) is 10.2. The van der Waals surface area contributed by atoms with E-state index in [1.807, 2.05) is 36.8 Å². The van der Waals surface area contributed by atoms with E-state index in [0.717, 1.165) is 91.9 Å². The summed E-state index contributed by atoms with van der Waals surface area (Å²) in [6, 6.07) is 16.9. The Morgan fingerprint density at radius 1 is 0.789 bits per heavy atom. The molecule has 1 N–H and O–H groups in total. The monoisotopic (exact) mass is 770 g/mol. The number of pyridine rings is 2. The van der Waals surface area contributed by atoms with Gasteiger partial charge in [-0.2, -0.15) is 0 Å². The molecular weight excluding hydrogens is 725 g/mol. The van der Waals surface area contributed by atoms with Crippen molar-refractivity contribution in [1.29, 1.82) is 0 Å². The zero-order valence-electron chi connectivity index (χ0n) is 32.0. The summed E-state index contributed by atoms with van der Waals surface area (Å²) in [5, 5.41) is 4.58. The summed E-state index contributed by atoms with van der Waals surface area (Å²) in [6.45, 7) is 3.81. The second-order valence-corrected chi connectivity index (χ2v) is 15.7. The number of nitrogens with one attached hydrogen (secondary N) is 1. The summed E-state index contributed by atoms with van der Waals surface area (Å²) in [5.41, 5.74) is 5.98. The number of nitrogens with zero attached hydrogens (tertiary/aromatic N) is 5. The normalized spacial score (nSPS) is 20.9. The predicted molar refractivity (Wildman–Crippen MR) is 213 cm³/mol. The van der Waals surface area contributed by atoms with Gasteiger partial charge in [0.2, 0.25) is 17.7 Å². The van der Waals surface area contributed by atoms with Gasteiger partial charge in [0.15, 0.2) is 0 Å². The minimum atomic E-state index is -0.961. The van der Waals surface area contributed by atoms with Crippen LogP contribution in [0.15, 0.2) is 73.2 Å². The number of fused-ring (bicyclic) bond motifs is 4. The zero-order chi connectivity index (χ0) is 39.0. The van der Waals surface area contributed by atoms with Gasteiger partial charge in [0.25, 0.3) is 11.8 Å². The number of carbonyl (C=O) groups excluding carboxylic acids is 4. The van der Waals surface area contributed by atoms with Crippen molar-refractivity contribution in [3.63, 3.8) is 0 Å². The number of rotatable bonds is 15. The number of carbonyl (C=O) groups is 4. The number of amides is 4. The first-order valence-electron chi connectivity index (χ1n) is 20.1. The van der Waals surface area contributed by atoms with Crippen molar-refractivity contribution >= 4 is 51.1 Å². The highest BCUT2D eigenvalue weighted by Gasteiger charge is 2.45. The van der Waals surface area contributed by atoms with Gasteiger partial charge >= 0.3 is 0 Å². The molecule has 57 heavy (non-hydrogen) atoms. The third-order valence-electron chi connectivity index (χ3n) is 11.9. The predicted octanol–water partition coefficient (Wildman–Crippen LogP) is 5.83. The second kappa shape index (κ2) is 15.7. The lowest BCUT2D eigenvalue weighted by molar-refractivity contribution is -0.136. The molecule has 0 bridgehead atoms. The Hall–Kier alpha value is -5.66. The van der Waals surface area contributed by atoms with Crippen molar-refractivity contribution in [1.82, 2.24) is 24.8 Å². The molecule has 1 aliphatic carbocycles. The number of unbranched alkanes of at least 4 members (excludes halogenated alkanes) is 3. The molecule has 13 nitrogen and oxygen atoms in total.